The molecule has 0 saturated heterocycles. The molecule has 0 aliphatic carbocycles. The number of aromatic nitrogens is 1. The van der Waals surface area contributed by atoms with Crippen LogP contribution in [0.2, 0.25) is 0 Å². The molecule has 0 spiro atoms. The van der Waals surface area contributed by atoms with E-state index in [1.807, 2.05) is 50.2 Å². The Morgan fingerprint density at radius 1 is 1.15 bits per heavy atom. The Balaban J connectivity index is 0.00000261. The van der Waals surface area contributed by atoms with Gasteiger partial charge < -0.3 is 15.0 Å². The van der Waals surface area contributed by atoms with Gasteiger partial charge in [-0.05, 0) is 43.7 Å². The highest BCUT2D eigenvalue weighted by Crippen LogP contribution is 2.29. The Morgan fingerprint density at radius 2 is 1.93 bits per heavy atom. The SMILES string of the molecule is CCc1cc(-c2ccc(CNCCOc3ccccc3)s2)c(C)[nH]c1=O.Cl. The molecule has 1 aromatic carbocycles. The molecule has 0 aliphatic rings. The summed E-state index contributed by atoms with van der Waals surface area (Å²) in [5.74, 6) is 0.896. The maximum Gasteiger partial charge on any atom is 0.251 e. The minimum absolute atomic E-state index is 0. The minimum atomic E-state index is 0. The summed E-state index contributed by atoms with van der Waals surface area (Å²) in [7, 11) is 0. The number of aryl methyl sites for hydroxylation is 2. The lowest BCUT2D eigenvalue weighted by molar-refractivity contribution is 0.314. The summed E-state index contributed by atoms with van der Waals surface area (Å²) in [6, 6.07) is 16.1. The lowest BCUT2D eigenvalue weighted by atomic mass is 10.1. The van der Waals surface area contributed by atoms with Crippen molar-refractivity contribution in [3.05, 3.63) is 75.0 Å². The molecule has 0 amide bonds. The average Bonchev–Trinajstić information content (AvgIpc) is 3.11. The molecule has 0 atom stereocenters. The maximum atomic E-state index is 11.9. The van der Waals surface area contributed by atoms with Crippen molar-refractivity contribution >= 4 is 23.7 Å². The highest BCUT2D eigenvalue weighted by molar-refractivity contribution is 7.15. The molecule has 4 nitrogen and oxygen atoms in total. The largest absolute Gasteiger partial charge is 0.492 e. The topological polar surface area (TPSA) is 54.1 Å². The van der Waals surface area contributed by atoms with Crippen molar-refractivity contribution in [1.82, 2.24) is 10.3 Å². The molecule has 2 N–H and O–H groups in total. The van der Waals surface area contributed by atoms with Crippen LogP contribution in [0.1, 0.15) is 23.1 Å². The van der Waals surface area contributed by atoms with Gasteiger partial charge in [-0.25, -0.2) is 0 Å². The molecule has 0 fully saturated rings. The first-order valence-electron chi connectivity index (χ1n) is 8.88. The Morgan fingerprint density at radius 3 is 2.67 bits per heavy atom. The molecule has 0 aliphatic heterocycles. The molecule has 0 saturated carbocycles. The van der Waals surface area contributed by atoms with E-state index in [4.69, 9.17) is 4.74 Å². The number of para-hydroxylation sites is 1. The fourth-order valence-electron chi connectivity index (χ4n) is 2.77. The summed E-state index contributed by atoms with van der Waals surface area (Å²) in [4.78, 5) is 17.3. The van der Waals surface area contributed by atoms with Gasteiger partial charge in [0.1, 0.15) is 12.4 Å². The Hall–Kier alpha value is -2.08. The quantitative estimate of drug-likeness (QED) is 0.541. The van der Waals surface area contributed by atoms with Crippen LogP contribution in [0.15, 0.2) is 53.3 Å². The molecule has 0 unspecified atom stereocenters. The fraction of sp³-hybridized carbons (Fsp3) is 0.286. The number of nitrogens with one attached hydrogen (secondary N) is 2. The Bertz CT molecular complexity index is 906. The number of H-pyrrole nitrogens is 1. The zero-order valence-corrected chi connectivity index (χ0v) is 17.2. The lowest BCUT2D eigenvalue weighted by Gasteiger charge is -2.07. The smallest absolute Gasteiger partial charge is 0.251 e. The van der Waals surface area contributed by atoms with Gasteiger partial charge in [0.2, 0.25) is 0 Å². The zero-order valence-electron chi connectivity index (χ0n) is 15.6. The van der Waals surface area contributed by atoms with Gasteiger partial charge >= 0.3 is 0 Å². The van der Waals surface area contributed by atoms with E-state index in [9.17, 15) is 4.79 Å². The minimum Gasteiger partial charge on any atom is -0.492 e. The fourth-order valence-corrected chi connectivity index (χ4v) is 3.82. The van der Waals surface area contributed by atoms with E-state index in [-0.39, 0.29) is 18.0 Å². The molecular formula is C21H25ClN2O2S. The standard InChI is InChI=1S/C21H24N2O2S.ClH/c1-3-16-13-19(15(2)23-21(16)24)20-10-9-18(26-20)14-22-11-12-25-17-7-5-4-6-8-17;/h4-10,13,22H,3,11-12,14H2,1-2H3,(H,23,24);1H. The first-order chi connectivity index (χ1) is 12.7. The molecule has 6 heteroatoms. The number of rotatable bonds is 8. The molecule has 3 aromatic rings. The van der Waals surface area contributed by atoms with Crippen LogP contribution in [-0.4, -0.2) is 18.1 Å². The van der Waals surface area contributed by atoms with E-state index in [1.165, 1.54) is 9.75 Å². The number of aromatic amines is 1. The highest BCUT2D eigenvalue weighted by atomic mass is 35.5. The normalized spacial score (nSPS) is 10.4. The van der Waals surface area contributed by atoms with Crippen LogP contribution < -0.4 is 15.6 Å². The Labute approximate surface area is 170 Å². The summed E-state index contributed by atoms with van der Waals surface area (Å²) in [6.45, 7) is 6.20. The highest BCUT2D eigenvalue weighted by Gasteiger charge is 2.09. The van der Waals surface area contributed by atoms with E-state index in [0.29, 0.717) is 6.61 Å². The van der Waals surface area contributed by atoms with Crippen molar-refractivity contribution in [1.29, 1.82) is 0 Å². The summed E-state index contributed by atoms with van der Waals surface area (Å²) >= 11 is 1.75. The third kappa shape index (κ3) is 5.70. The van der Waals surface area contributed by atoms with Crippen molar-refractivity contribution in [3.63, 3.8) is 0 Å². The van der Waals surface area contributed by atoms with Crippen LogP contribution in [0.5, 0.6) is 5.75 Å². The third-order valence-corrected chi connectivity index (χ3v) is 5.33. The van der Waals surface area contributed by atoms with E-state index < -0.39 is 0 Å². The number of halogens is 1. The number of thiophene rings is 1. The van der Waals surface area contributed by atoms with E-state index in [1.54, 1.807) is 11.3 Å². The molecule has 0 bridgehead atoms. The van der Waals surface area contributed by atoms with Crippen molar-refractivity contribution in [2.45, 2.75) is 26.8 Å². The predicted octanol–water partition coefficient (Wildman–Crippen LogP) is 4.56. The van der Waals surface area contributed by atoms with Gasteiger partial charge in [0, 0.05) is 39.7 Å². The van der Waals surface area contributed by atoms with Crippen LogP contribution in [-0.2, 0) is 13.0 Å². The monoisotopic (exact) mass is 404 g/mol. The van der Waals surface area contributed by atoms with Crippen molar-refractivity contribution in [2.24, 2.45) is 0 Å². The second-order valence-corrected chi connectivity index (χ2v) is 7.29. The van der Waals surface area contributed by atoms with Gasteiger partial charge in [0.05, 0.1) is 0 Å². The number of pyridine rings is 1. The molecule has 27 heavy (non-hydrogen) atoms. The van der Waals surface area contributed by atoms with Crippen molar-refractivity contribution in [3.8, 4) is 16.2 Å². The van der Waals surface area contributed by atoms with E-state index in [2.05, 4.69) is 22.4 Å². The van der Waals surface area contributed by atoms with Gasteiger partial charge in [-0.1, -0.05) is 25.1 Å². The number of hydrogen-bond donors (Lipinski definition) is 2. The second kappa shape index (κ2) is 10.3. The average molecular weight is 405 g/mol. The molecule has 144 valence electrons. The van der Waals surface area contributed by atoms with Gasteiger partial charge in [-0.2, -0.15) is 0 Å². The lowest BCUT2D eigenvalue weighted by Crippen LogP contribution is -2.20. The van der Waals surface area contributed by atoms with Crippen LogP contribution in [0.4, 0.5) is 0 Å². The van der Waals surface area contributed by atoms with Crippen molar-refractivity contribution < 1.29 is 4.74 Å². The number of hydrogen-bond acceptors (Lipinski definition) is 4. The molecule has 2 heterocycles. The second-order valence-electron chi connectivity index (χ2n) is 6.12. The predicted molar refractivity (Wildman–Crippen MR) is 115 cm³/mol. The zero-order chi connectivity index (χ0) is 18.4. The van der Waals surface area contributed by atoms with Crippen LogP contribution in [0.3, 0.4) is 0 Å². The van der Waals surface area contributed by atoms with Gasteiger partial charge in [0.15, 0.2) is 0 Å². The summed E-state index contributed by atoms with van der Waals surface area (Å²) < 4.78 is 5.68. The molecular weight excluding hydrogens is 380 g/mol. The van der Waals surface area contributed by atoms with Gasteiger partial charge in [-0.3, -0.25) is 4.79 Å². The van der Waals surface area contributed by atoms with Gasteiger partial charge in [-0.15, -0.1) is 23.7 Å². The van der Waals surface area contributed by atoms with E-state index >= 15 is 0 Å². The molecule has 3 rings (SSSR count). The Kier molecular flexibility index (Phi) is 8.10. The van der Waals surface area contributed by atoms with Crippen LogP contribution >= 0.6 is 23.7 Å². The third-order valence-electron chi connectivity index (χ3n) is 4.21. The number of ether oxygens (including phenoxy) is 1. The van der Waals surface area contributed by atoms with Crippen LogP contribution in [0, 0.1) is 6.92 Å². The summed E-state index contributed by atoms with van der Waals surface area (Å²) in [6.07, 6.45) is 0.740. The summed E-state index contributed by atoms with van der Waals surface area (Å²) in [5, 5.41) is 3.41. The maximum absolute atomic E-state index is 11.9. The summed E-state index contributed by atoms with van der Waals surface area (Å²) in [5.41, 5.74) is 2.89. The first-order valence-corrected chi connectivity index (χ1v) is 9.69. The van der Waals surface area contributed by atoms with Crippen molar-refractivity contribution in [2.75, 3.05) is 13.2 Å². The van der Waals surface area contributed by atoms with E-state index in [0.717, 1.165) is 42.1 Å². The van der Waals surface area contributed by atoms with Gasteiger partial charge in [0.25, 0.3) is 5.56 Å². The molecule has 0 radical (unpaired) electrons. The first kappa shape index (κ1) is 21.2. The molecule has 2 aromatic heterocycles. The number of benzene rings is 1. The van der Waals surface area contributed by atoms with Crippen LogP contribution in [0.25, 0.3) is 10.4 Å².